The number of aromatic nitrogens is 2. The molecule has 0 amide bonds. The molecule has 4 nitrogen and oxygen atoms in total. The molecule has 0 N–H and O–H groups in total. The molecule has 0 aliphatic carbocycles. The van der Waals surface area contributed by atoms with Gasteiger partial charge in [-0.15, -0.1) is 10.2 Å². The summed E-state index contributed by atoms with van der Waals surface area (Å²) in [6.07, 6.45) is 6.13. The maximum absolute atomic E-state index is 5.51. The summed E-state index contributed by atoms with van der Waals surface area (Å²) in [5.74, 6) is 2.58. The van der Waals surface area contributed by atoms with Crippen LogP contribution < -0.4 is 0 Å². The van der Waals surface area contributed by atoms with Crippen LogP contribution in [0.1, 0.15) is 25.2 Å². The highest BCUT2D eigenvalue weighted by Gasteiger charge is 2.11. The van der Waals surface area contributed by atoms with Crippen molar-refractivity contribution in [3.05, 3.63) is 5.89 Å². The van der Waals surface area contributed by atoms with Gasteiger partial charge in [0.2, 0.25) is 5.89 Å². The van der Waals surface area contributed by atoms with E-state index in [2.05, 4.69) is 15.1 Å². The number of hydrogen-bond acceptors (Lipinski definition) is 6. The summed E-state index contributed by atoms with van der Waals surface area (Å²) in [5, 5.41) is 8.75. The van der Waals surface area contributed by atoms with Crippen molar-refractivity contribution in [2.24, 2.45) is 0 Å². The van der Waals surface area contributed by atoms with Crippen molar-refractivity contribution in [1.29, 1.82) is 0 Å². The number of hydrogen-bond donors (Lipinski definition) is 0. The van der Waals surface area contributed by atoms with E-state index in [0.717, 1.165) is 23.9 Å². The van der Waals surface area contributed by atoms with Crippen molar-refractivity contribution in [3.8, 4) is 0 Å². The van der Waals surface area contributed by atoms with Crippen LogP contribution >= 0.6 is 23.5 Å². The molecule has 2 rings (SSSR count). The molecule has 1 aromatic rings. The lowest BCUT2D eigenvalue weighted by molar-refractivity contribution is 0.242. The van der Waals surface area contributed by atoms with E-state index in [-0.39, 0.29) is 0 Å². The second-order valence-electron chi connectivity index (χ2n) is 4.15. The first-order valence-electron chi connectivity index (χ1n) is 6.05. The van der Waals surface area contributed by atoms with Gasteiger partial charge in [0.1, 0.15) is 0 Å². The van der Waals surface area contributed by atoms with E-state index in [4.69, 9.17) is 4.42 Å². The lowest BCUT2D eigenvalue weighted by Gasteiger charge is -2.25. The average Bonchev–Trinajstić information content (AvgIpc) is 2.79. The van der Waals surface area contributed by atoms with E-state index in [9.17, 15) is 0 Å². The van der Waals surface area contributed by atoms with Gasteiger partial charge in [0.05, 0.1) is 5.75 Å². The Labute approximate surface area is 111 Å². The highest BCUT2D eigenvalue weighted by Crippen LogP contribution is 2.18. The second-order valence-corrected chi connectivity index (χ2v) is 6.06. The van der Waals surface area contributed by atoms with Crippen LogP contribution in [-0.4, -0.2) is 46.7 Å². The molecule has 0 saturated carbocycles. The van der Waals surface area contributed by atoms with E-state index in [1.165, 1.54) is 32.4 Å². The fourth-order valence-electron chi connectivity index (χ4n) is 1.92. The minimum atomic E-state index is 0.714. The first kappa shape index (κ1) is 13.2. The number of piperidine rings is 1. The Morgan fingerprint density at radius 3 is 2.82 bits per heavy atom. The summed E-state index contributed by atoms with van der Waals surface area (Å²) >= 11 is 3.37. The highest BCUT2D eigenvalue weighted by molar-refractivity contribution is 7.99. The number of nitrogens with zero attached hydrogens (tertiary/aromatic N) is 3. The highest BCUT2D eigenvalue weighted by atomic mass is 32.2. The maximum Gasteiger partial charge on any atom is 0.276 e. The molecule has 0 spiro atoms. The zero-order chi connectivity index (χ0) is 11.9. The van der Waals surface area contributed by atoms with Gasteiger partial charge in [0.25, 0.3) is 5.22 Å². The molecular weight excluding hydrogens is 254 g/mol. The lowest BCUT2D eigenvalue weighted by Crippen LogP contribution is -2.31. The molecule has 0 atom stereocenters. The predicted molar refractivity (Wildman–Crippen MR) is 72.5 cm³/mol. The third-order valence-electron chi connectivity index (χ3n) is 2.80. The van der Waals surface area contributed by atoms with Crippen LogP contribution in [-0.2, 0) is 5.75 Å². The summed E-state index contributed by atoms with van der Waals surface area (Å²) in [6, 6.07) is 0. The molecular formula is C11H19N3OS2. The van der Waals surface area contributed by atoms with Gasteiger partial charge in [-0.05, 0) is 32.2 Å². The molecule has 1 fully saturated rings. The normalized spacial score (nSPS) is 17.5. The van der Waals surface area contributed by atoms with Crippen LogP contribution in [0.5, 0.6) is 0 Å². The zero-order valence-electron chi connectivity index (χ0n) is 10.2. The minimum Gasteiger partial charge on any atom is -0.415 e. The predicted octanol–water partition coefficient (Wildman–Crippen LogP) is 2.51. The van der Waals surface area contributed by atoms with Crippen molar-refractivity contribution in [2.75, 3.05) is 31.6 Å². The van der Waals surface area contributed by atoms with E-state index < -0.39 is 0 Å². The molecule has 0 radical (unpaired) electrons. The Bertz CT molecular complexity index is 326. The molecule has 1 aromatic heterocycles. The zero-order valence-corrected chi connectivity index (χ0v) is 11.9. The molecule has 1 aliphatic rings. The van der Waals surface area contributed by atoms with Gasteiger partial charge in [-0.3, -0.25) is 0 Å². The number of likely N-dealkylation sites (tertiary alicyclic amines) is 1. The Kier molecular flexibility index (Phi) is 5.67. The molecule has 0 unspecified atom stereocenters. The summed E-state index contributed by atoms with van der Waals surface area (Å²) in [6.45, 7) is 3.63. The number of rotatable bonds is 6. The Morgan fingerprint density at radius 1 is 1.24 bits per heavy atom. The van der Waals surface area contributed by atoms with Crippen molar-refractivity contribution >= 4 is 23.5 Å². The topological polar surface area (TPSA) is 42.2 Å². The van der Waals surface area contributed by atoms with Crippen LogP contribution in [0.4, 0.5) is 0 Å². The van der Waals surface area contributed by atoms with Gasteiger partial charge in [-0.1, -0.05) is 18.2 Å². The first-order chi connectivity index (χ1) is 8.38. The SMILES string of the molecule is CSCc1nnc(SCCN2CCCCC2)o1. The minimum absolute atomic E-state index is 0.714. The van der Waals surface area contributed by atoms with Crippen molar-refractivity contribution in [2.45, 2.75) is 30.2 Å². The summed E-state index contributed by atoms with van der Waals surface area (Å²) in [5.41, 5.74) is 0. The molecule has 1 saturated heterocycles. The summed E-state index contributed by atoms with van der Waals surface area (Å²) < 4.78 is 5.51. The molecule has 0 aromatic carbocycles. The van der Waals surface area contributed by atoms with Gasteiger partial charge in [0.15, 0.2) is 0 Å². The first-order valence-corrected chi connectivity index (χ1v) is 8.43. The van der Waals surface area contributed by atoms with E-state index in [0.29, 0.717) is 5.22 Å². The van der Waals surface area contributed by atoms with E-state index >= 15 is 0 Å². The Hall–Kier alpha value is -0.200. The quantitative estimate of drug-likeness (QED) is 0.742. The molecule has 0 bridgehead atoms. The third-order valence-corrected chi connectivity index (χ3v) is 4.13. The van der Waals surface area contributed by atoms with E-state index in [1.807, 2.05) is 6.26 Å². The van der Waals surface area contributed by atoms with Crippen LogP contribution in [0.3, 0.4) is 0 Å². The molecule has 6 heteroatoms. The fourth-order valence-corrected chi connectivity index (χ4v) is 3.06. The molecule has 96 valence electrons. The van der Waals surface area contributed by atoms with Gasteiger partial charge >= 0.3 is 0 Å². The van der Waals surface area contributed by atoms with Crippen LogP contribution in [0.2, 0.25) is 0 Å². The Morgan fingerprint density at radius 2 is 2.06 bits per heavy atom. The maximum atomic E-state index is 5.51. The molecule has 2 heterocycles. The largest absolute Gasteiger partial charge is 0.415 e. The van der Waals surface area contributed by atoms with Crippen LogP contribution in [0, 0.1) is 0 Å². The van der Waals surface area contributed by atoms with Gasteiger partial charge in [0, 0.05) is 12.3 Å². The Balaban J connectivity index is 1.66. The summed E-state index contributed by atoms with van der Waals surface area (Å²) in [7, 11) is 0. The molecule has 1 aliphatic heterocycles. The molecule has 17 heavy (non-hydrogen) atoms. The van der Waals surface area contributed by atoms with Crippen molar-refractivity contribution < 1.29 is 4.42 Å². The average molecular weight is 273 g/mol. The summed E-state index contributed by atoms with van der Waals surface area (Å²) in [4.78, 5) is 2.52. The second kappa shape index (κ2) is 7.28. The monoisotopic (exact) mass is 273 g/mol. The van der Waals surface area contributed by atoms with Crippen molar-refractivity contribution in [1.82, 2.24) is 15.1 Å². The van der Waals surface area contributed by atoms with Gasteiger partial charge in [-0.2, -0.15) is 11.8 Å². The standard InChI is InChI=1S/C11H19N3OS2/c1-16-9-10-12-13-11(15-10)17-8-7-14-5-3-2-4-6-14/h2-9H2,1H3. The third kappa shape index (κ3) is 4.52. The van der Waals surface area contributed by atoms with Gasteiger partial charge in [-0.25, -0.2) is 0 Å². The van der Waals surface area contributed by atoms with Crippen LogP contribution in [0.15, 0.2) is 9.64 Å². The number of thioether (sulfide) groups is 2. The van der Waals surface area contributed by atoms with Crippen LogP contribution in [0.25, 0.3) is 0 Å². The fraction of sp³-hybridized carbons (Fsp3) is 0.818. The lowest BCUT2D eigenvalue weighted by atomic mass is 10.1. The van der Waals surface area contributed by atoms with E-state index in [1.54, 1.807) is 23.5 Å². The van der Waals surface area contributed by atoms with Crippen molar-refractivity contribution in [3.63, 3.8) is 0 Å². The smallest absolute Gasteiger partial charge is 0.276 e. The van der Waals surface area contributed by atoms with Gasteiger partial charge < -0.3 is 9.32 Å².